The maximum Gasteiger partial charge on any atom is 0.249 e. The molecule has 3 N–H and O–H groups in total. The monoisotopic (exact) mass is 212 g/mol. The summed E-state index contributed by atoms with van der Waals surface area (Å²) in [5, 5.41) is 9.38. The fourth-order valence-corrected chi connectivity index (χ4v) is 1.55. The lowest BCUT2D eigenvalue weighted by Crippen LogP contribution is -2.12. The van der Waals surface area contributed by atoms with Crippen LogP contribution in [-0.2, 0) is 0 Å². The Labute approximate surface area is 93.1 Å². The van der Waals surface area contributed by atoms with Crippen LogP contribution < -0.4 is 5.73 Å². The van der Waals surface area contributed by atoms with Gasteiger partial charge >= 0.3 is 0 Å². The van der Waals surface area contributed by atoms with E-state index in [0.29, 0.717) is 11.1 Å². The van der Waals surface area contributed by atoms with E-state index in [9.17, 15) is 9.90 Å². The van der Waals surface area contributed by atoms with Crippen LogP contribution in [0.5, 0.6) is 5.75 Å². The number of phenols is 1. The van der Waals surface area contributed by atoms with Gasteiger partial charge in [0.15, 0.2) is 0 Å². The minimum absolute atomic E-state index is 0.150. The Hall–Kier alpha value is -2.29. The average molecular weight is 212 g/mol. The lowest BCUT2D eigenvalue weighted by molar-refractivity contribution is 0.100. The number of phenolic OH excluding ortho intramolecular Hbond substituents is 1. The third-order valence-electron chi connectivity index (χ3n) is 2.26. The SMILES string of the molecule is NC(=O)c1[c]cccc1-c1cccc(O)c1. The first-order valence-electron chi connectivity index (χ1n) is 4.78. The minimum atomic E-state index is -0.529. The molecule has 16 heavy (non-hydrogen) atoms. The Kier molecular flexibility index (Phi) is 2.60. The van der Waals surface area contributed by atoms with Crippen LogP contribution in [0, 0.1) is 6.07 Å². The van der Waals surface area contributed by atoms with E-state index in [4.69, 9.17) is 5.73 Å². The Morgan fingerprint density at radius 1 is 1.25 bits per heavy atom. The summed E-state index contributed by atoms with van der Waals surface area (Å²) in [6.45, 7) is 0. The van der Waals surface area contributed by atoms with Crippen LogP contribution in [0.2, 0.25) is 0 Å². The standard InChI is InChI=1S/C13H10NO2/c14-13(16)12-7-2-1-6-11(12)9-4-3-5-10(15)8-9/h1-6,8,15H,(H2,14,16). The van der Waals surface area contributed by atoms with Crippen molar-refractivity contribution in [1.29, 1.82) is 0 Å². The van der Waals surface area contributed by atoms with E-state index in [0.717, 1.165) is 5.56 Å². The van der Waals surface area contributed by atoms with Gasteiger partial charge in [-0.1, -0.05) is 30.3 Å². The van der Waals surface area contributed by atoms with Gasteiger partial charge in [0.05, 0.1) is 5.56 Å². The second-order valence-electron chi connectivity index (χ2n) is 3.37. The molecule has 0 heterocycles. The van der Waals surface area contributed by atoms with Crippen LogP contribution in [0.25, 0.3) is 11.1 Å². The summed E-state index contributed by atoms with van der Waals surface area (Å²) < 4.78 is 0. The van der Waals surface area contributed by atoms with E-state index in [2.05, 4.69) is 6.07 Å². The molecular weight excluding hydrogens is 202 g/mol. The van der Waals surface area contributed by atoms with E-state index in [-0.39, 0.29) is 5.75 Å². The Balaban J connectivity index is 2.60. The van der Waals surface area contributed by atoms with Gasteiger partial charge in [-0.05, 0) is 29.3 Å². The van der Waals surface area contributed by atoms with Gasteiger partial charge in [0, 0.05) is 0 Å². The number of hydrogen-bond acceptors (Lipinski definition) is 2. The molecule has 0 bridgehead atoms. The summed E-state index contributed by atoms with van der Waals surface area (Å²) in [6.07, 6.45) is 0. The maximum atomic E-state index is 11.2. The highest BCUT2D eigenvalue weighted by Crippen LogP contribution is 2.25. The second kappa shape index (κ2) is 4.06. The van der Waals surface area contributed by atoms with Gasteiger partial charge in [-0.15, -0.1) is 0 Å². The average Bonchev–Trinajstić information content (AvgIpc) is 2.29. The van der Waals surface area contributed by atoms with Crippen molar-refractivity contribution in [3.05, 3.63) is 54.1 Å². The van der Waals surface area contributed by atoms with Crippen LogP contribution in [0.15, 0.2) is 42.5 Å². The van der Waals surface area contributed by atoms with Crippen molar-refractivity contribution in [2.24, 2.45) is 5.73 Å². The van der Waals surface area contributed by atoms with Crippen molar-refractivity contribution >= 4 is 5.91 Å². The first kappa shape index (κ1) is 10.2. The molecule has 2 aromatic rings. The van der Waals surface area contributed by atoms with Gasteiger partial charge in [0.1, 0.15) is 5.75 Å². The number of carbonyl (C=O) groups is 1. The van der Waals surface area contributed by atoms with Crippen molar-refractivity contribution in [1.82, 2.24) is 0 Å². The molecule has 0 aliphatic rings. The van der Waals surface area contributed by atoms with Gasteiger partial charge in [-0.25, -0.2) is 0 Å². The molecule has 2 rings (SSSR count). The predicted molar refractivity (Wildman–Crippen MR) is 60.9 cm³/mol. The second-order valence-corrected chi connectivity index (χ2v) is 3.37. The molecule has 0 fully saturated rings. The highest BCUT2D eigenvalue weighted by molar-refractivity contribution is 5.99. The van der Waals surface area contributed by atoms with Crippen LogP contribution in [0.4, 0.5) is 0 Å². The number of carbonyl (C=O) groups excluding carboxylic acids is 1. The summed E-state index contributed by atoms with van der Waals surface area (Å²) in [5.74, 6) is -0.379. The van der Waals surface area contributed by atoms with Crippen molar-refractivity contribution in [2.45, 2.75) is 0 Å². The molecule has 2 aromatic carbocycles. The Morgan fingerprint density at radius 2 is 2.06 bits per heavy atom. The number of nitrogens with two attached hydrogens (primary N) is 1. The van der Waals surface area contributed by atoms with E-state index in [1.54, 1.807) is 42.5 Å². The molecule has 0 aromatic heterocycles. The molecule has 0 aliphatic carbocycles. The smallest absolute Gasteiger partial charge is 0.249 e. The molecule has 0 saturated carbocycles. The van der Waals surface area contributed by atoms with Gasteiger partial charge in [0.2, 0.25) is 5.91 Å². The van der Waals surface area contributed by atoms with Crippen molar-refractivity contribution in [2.75, 3.05) is 0 Å². The molecule has 1 radical (unpaired) electrons. The third-order valence-corrected chi connectivity index (χ3v) is 2.26. The summed E-state index contributed by atoms with van der Waals surface area (Å²) in [6, 6.07) is 14.6. The van der Waals surface area contributed by atoms with E-state index >= 15 is 0 Å². The molecule has 0 aliphatic heterocycles. The van der Waals surface area contributed by atoms with E-state index in [1.165, 1.54) is 0 Å². The number of amides is 1. The Morgan fingerprint density at radius 3 is 2.75 bits per heavy atom. The maximum absolute atomic E-state index is 11.2. The number of primary amides is 1. The zero-order valence-electron chi connectivity index (χ0n) is 8.47. The number of hydrogen-bond donors (Lipinski definition) is 2. The van der Waals surface area contributed by atoms with Gasteiger partial charge in [-0.3, -0.25) is 4.79 Å². The summed E-state index contributed by atoms with van der Waals surface area (Å²) in [7, 11) is 0. The lowest BCUT2D eigenvalue weighted by atomic mass is 9.99. The molecule has 0 saturated heterocycles. The molecule has 3 heteroatoms. The molecule has 3 nitrogen and oxygen atoms in total. The van der Waals surface area contributed by atoms with Gasteiger partial charge < -0.3 is 10.8 Å². The minimum Gasteiger partial charge on any atom is -0.508 e. The topological polar surface area (TPSA) is 63.3 Å². The molecule has 0 spiro atoms. The highest BCUT2D eigenvalue weighted by atomic mass is 16.3. The fourth-order valence-electron chi connectivity index (χ4n) is 1.55. The zero-order chi connectivity index (χ0) is 11.5. The van der Waals surface area contributed by atoms with Crippen LogP contribution in [0.3, 0.4) is 0 Å². The van der Waals surface area contributed by atoms with E-state index < -0.39 is 5.91 Å². The first-order valence-corrected chi connectivity index (χ1v) is 4.78. The first-order chi connectivity index (χ1) is 7.68. The van der Waals surface area contributed by atoms with Crippen LogP contribution in [-0.4, -0.2) is 11.0 Å². The Bertz CT molecular complexity index is 535. The normalized spacial score (nSPS) is 10.0. The summed E-state index contributed by atoms with van der Waals surface area (Å²) >= 11 is 0. The van der Waals surface area contributed by atoms with Gasteiger partial charge in [-0.2, -0.15) is 0 Å². The third kappa shape index (κ3) is 1.88. The van der Waals surface area contributed by atoms with Crippen LogP contribution in [0.1, 0.15) is 10.4 Å². The van der Waals surface area contributed by atoms with Crippen molar-refractivity contribution in [3.63, 3.8) is 0 Å². The highest BCUT2D eigenvalue weighted by Gasteiger charge is 2.09. The number of benzene rings is 2. The van der Waals surface area contributed by atoms with E-state index in [1.807, 2.05) is 0 Å². The molecule has 1 amide bonds. The largest absolute Gasteiger partial charge is 0.508 e. The molecule has 79 valence electrons. The molecule has 0 atom stereocenters. The lowest BCUT2D eigenvalue weighted by Gasteiger charge is -2.06. The molecular formula is C13H10NO2. The summed E-state index contributed by atoms with van der Waals surface area (Å²) in [4.78, 5) is 11.2. The van der Waals surface area contributed by atoms with Crippen molar-refractivity contribution in [3.8, 4) is 16.9 Å². The fraction of sp³-hybridized carbons (Fsp3) is 0. The quantitative estimate of drug-likeness (QED) is 0.799. The van der Waals surface area contributed by atoms with Crippen molar-refractivity contribution < 1.29 is 9.90 Å². The molecule has 0 unspecified atom stereocenters. The predicted octanol–water partition coefficient (Wildman–Crippen LogP) is 1.96. The number of aromatic hydroxyl groups is 1. The van der Waals surface area contributed by atoms with Crippen LogP contribution >= 0.6 is 0 Å². The zero-order valence-corrected chi connectivity index (χ0v) is 8.47. The van der Waals surface area contributed by atoms with Gasteiger partial charge in [0.25, 0.3) is 0 Å². The summed E-state index contributed by atoms with van der Waals surface area (Å²) in [5.41, 5.74) is 7.00. The number of rotatable bonds is 2.